The van der Waals surface area contributed by atoms with Crippen molar-refractivity contribution in [2.75, 3.05) is 26.3 Å². The zero-order valence-corrected chi connectivity index (χ0v) is 12.4. The van der Waals surface area contributed by atoms with E-state index in [1.165, 1.54) is 12.8 Å². The highest BCUT2D eigenvalue weighted by molar-refractivity contribution is 5.44. The van der Waals surface area contributed by atoms with Gasteiger partial charge in [-0.3, -0.25) is 4.90 Å². The van der Waals surface area contributed by atoms with E-state index in [0.29, 0.717) is 13.2 Å². The van der Waals surface area contributed by atoms with Gasteiger partial charge < -0.3 is 15.2 Å². The van der Waals surface area contributed by atoms with E-state index < -0.39 is 0 Å². The third-order valence-corrected chi connectivity index (χ3v) is 4.48. The van der Waals surface area contributed by atoms with Crippen LogP contribution >= 0.6 is 0 Å². The van der Waals surface area contributed by atoms with Gasteiger partial charge in [-0.15, -0.1) is 0 Å². The molecule has 2 heterocycles. The van der Waals surface area contributed by atoms with Crippen molar-refractivity contribution in [3.05, 3.63) is 23.8 Å². The molecule has 1 aromatic carbocycles. The topological polar surface area (TPSA) is 47.7 Å². The average Bonchev–Trinajstić information content (AvgIpc) is 2.77. The maximum atomic E-state index is 6.39. The summed E-state index contributed by atoms with van der Waals surface area (Å²) in [4.78, 5) is 2.49. The van der Waals surface area contributed by atoms with Crippen molar-refractivity contribution in [2.45, 2.75) is 38.3 Å². The van der Waals surface area contributed by atoms with Gasteiger partial charge >= 0.3 is 0 Å². The van der Waals surface area contributed by atoms with E-state index in [2.05, 4.69) is 24.8 Å². The highest BCUT2D eigenvalue weighted by Crippen LogP contribution is 2.34. The van der Waals surface area contributed by atoms with Gasteiger partial charge in [0.15, 0.2) is 11.5 Å². The van der Waals surface area contributed by atoms with Crippen molar-refractivity contribution in [1.29, 1.82) is 0 Å². The van der Waals surface area contributed by atoms with Crippen LogP contribution in [0.1, 0.15) is 38.3 Å². The molecule has 0 radical (unpaired) electrons. The maximum Gasteiger partial charge on any atom is 0.161 e. The molecular formula is C16H24N2O2. The molecule has 4 heteroatoms. The lowest BCUT2D eigenvalue weighted by Gasteiger charge is -2.33. The number of fused-ring (bicyclic) bond motifs is 1. The maximum absolute atomic E-state index is 6.39. The largest absolute Gasteiger partial charge is 0.486 e. The number of hydrogen-bond acceptors (Lipinski definition) is 4. The van der Waals surface area contributed by atoms with E-state index >= 15 is 0 Å². The lowest BCUT2D eigenvalue weighted by molar-refractivity contribution is 0.163. The van der Waals surface area contributed by atoms with Crippen LogP contribution in [0, 0.1) is 0 Å². The molecule has 0 bridgehead atoms. The highest BCUT2D eigenvalue weighted by Gasteiger charge is 2.32. The molecule has 20 heavy (non-hydrogen) atoms. The number of hydrogen-bond donors (Lipinski definition) is 1. The minimum absolute atomic E-state index is 0.0169. The SMILES string of the molecule is CC1(C)CCCN1CC(N)c1ccc2c(c1)OCCO2. The molecule has 1 atom stereocenters. The van der Waals surface area contributed by atoms with Crippen LogP contribution in [0.25, 0.3) is 0 Å². The Hall–Kier alpha value is -1.26. The van der Waals surface area contributed by atoms with Gasteiger partial charge in [0.2, 0.25) is 0 Å². The van der Waals surface area contributed by atoms with Crippen LogP contribution in [0.3, 0.4) is 0 Å². The minimum atomic E-state index is 0.0169. The molecule has 2 N–H and O–H groups in total. The van der Waals surface area contributed by atoms with Crippen LogP contribution < -0.4 is 15.2 Å². The fourth-order valence-corrected chi connectivity index (χ4v) is 3.14. The standard InChI is InChI=1S/C16H24N2O2/c1-16(2)6-3-7-18(16)11-13(17)12-4-5-14-15(10-12)20-9-8-19-14/h4-5,10,13H,3,6-9,11,17H2,1-2H3. The summed E-state index contributed by atoms with van der Waals surface area (Å²) in [5, 5.41) is 0. The Labute approximate surface area is 120 Å². The number of nitrogens with zero attached hydrogens (tertiary/aromatic N) is 1. The van der Waals surface area contributed by atoms with E-state index in [4.69, 9.17) is 15.2 Å². The van der Waals surface area contributed by atoms with Gasteiger partial charge in [-0.2, -0.15) is 0 Å². The zero-order valence-electron chi connectivity index (χ0n) is 12.4. The summed E-state index contributed by atoms with van der Waals surface area (Å²) in [7, 11) is 0. The van der Waals surface area contributed by atoms with Gasteiger partial charge in [-0.05, 0) is 50.9 Å². The van der Waals surface area contributed by atoms with Crippen LogP contribution in [-0.2, 0) is 0 Å². The number of nitrogens with two attached hydrogens (primary N) is 1. The van der Waals surface area contributed by atoms with E-state index in [9.17, 15) is 0 Å². The number of benzene rings is 1. The molecule has 0 aromatic heterocycles. The zero-order chi connectivity index (χ0) is 14.2. The second-order valence-corrected chi connectivity index (χ2v) is 6.37. The van der Waals surface area contributed by atoms with Crippen molar-refractivity contribution in [3.8, 4) is 11.5 Å². The average molecular weight is 276 g/mol. The van der Waals surface area contributed by atoms with Gasteiger partial charge in [0.25, 0.3) is 0 Å². The highest BCUT2D eigenvalue weighted by atomic mass is 16.6. The molecule has 0 spiro atoms. The van der Waals surface area contributed by atoms with Gasteiger partial charge in [-0.25, -0.2) is 0 Å². The fraction of sp³-hybridized carbons (Fsp3) is 0.625. The Morgan fingerprint density at radius 3 is 2.70 bits per heavy atom. The summed E-state index contributed by atoms with van der Waals surface area (Å²) < 4.78 is 11.2. The molecule has 3 rings (SSSR count). The van der Waals surface area contributed by atoms with Gasteiger partial charge in [0.1, 0.15) is 13.2 Å². The summed E-state index contributed by atoms with van der Waals surface area (Å²) in [6.45, 7) is 7.89. The van der Waals surface area contributed by atoms with Crippen molar-refractivity contribution in [1.82, 2.24) is 4.90 Å². The fourth-order valence-electron chi connectivity index (χ4n) is 3.14. The van der Waals surface area contributed by atoms with Gasteiger partial charge in [0, 0.05) is 18.1 Å². The summed E-state index contributed by atoms with van der Waals surface area (Å²) in [6, 6.07) is 6.07. The van der Waals surface area contributed by atoms with Crippen molar-refractivity contribution in [3.63, 3.8) is 0 Å². The lowest BCUT2D eigenvalue weighted by atomic mass is 10.0. The second-order valence-electron chi connectivity index (χ2n) is 6.37. The molecule has 1 saturated heterocycles. The third kappa shape index (κ3) is 2.63. The Kier molecular flexibility index (Phi) is 3.61. The normalized spacial score (nSPS) is 22.8. The predicted molar refractivity (Wildman–Crippen MR) is 79.2 cm³/mol. The number of ether oxygens (including phenoxy) is 2. The van der Waals surface area contributed by atoms with Crippen LogP contribution in [0.4, 0.5) is 0 Å². The second kappa shape index (κ2) is 5.26. The minimum Gasteiger partial charge on any atom is -0.486 e. The summed E-state index contributed by atoms with van der Waals surface area (Å²) in [5.74, 6) is 1.65. The molecule has 0 saturated carbocycles. The Balaban J connectivity index is 1.72. The van der Waals surface area contributed by atoms with Crippen LogP contribution in [-0.4, -0.2) is 36.7 Å². The Morgan fingerprint density at radius 2 is 2.00 bits per heavy atom. The monoisotopic (exact) mass is 276 g/mol. The Morgan fingerprint density at radius 1 is 1.25 bits per heavy atom. The van der Waals surface area contributed by atoms with E-state index in [1.54, 1.807) is 0 Å². The molecule has 4 nitrogen and oxygen atoms in total. The quantitative estimate of drug-likeness (QED) is 0.920. The third-order valence-electron chi connectivity index (χ3n) is 4.48. The lowest BCUT2D eigenvalue weighted by Crippen LogP contribution is -2.42. The summed E-state index contributed by atoms with van der Waals surface area (Å²) >= 11 is 0. The number of likely N-dealkylation sites (tertiary alicyclic amines) is 1. The number of rotatable bonds is 3. The summed E-state index contributed by atoms with van der Waals surface area (Å²) in [6.07, 6.45) is 2.52. The molecule has 1 unspecified atom stereocenters. The molecule has 0 aliphatic carbocycles. The van der Waals surface area contributed by atoms with Gasteiger partial charge in [0.05, 0.1) is 0 Å². The summed E-state index contributed by atoms with van der Waals surface area (Å²) in [5.41, 5.74) is 7.78. The predicted octanol–water partition coefficient (Wildman–Crippen LogP) is 2.33. The van der Waals surface area contributed by atoms with Crippen molar-refractivity contribution in [2.24, 2.45) is 5.73 Å². The van der Waals surface area contributed by atoms with Crippen LogP contribution in [0.15, 0.2) is 18.2 Å². The molecule has 1 fully saturated rings. The molecule has 1 aromatic rings. The smallest absolute Gasteiger partial charge is 0.161 e. The molecule has 2 aliphatic rings. The first-order valence-corrected chi connectivity index (χ1v) is 7.46. The first kappa shape index (κ1) is 13.7. The van der Waals surface area contributed by atoms with Crippen molar-refractivity contribution >= 4 is 0 Å². The Bertz CT molecular complexity index is 487. The van der Waals surface area contributed by atoms with Crippen molar-refractivity contribution < 1.29 is 9.47 Å². The molecule has 110 valence electrons. The first-order valence-electron chi connectivity index (χ1n) is 7.46. The van der Waals surface area contributed by atoms with Gasteiger partial charge in [-0.1, -0.05) is 6.07 Å². The first-order chi connectivity index (χ1) is 9.56. The van der Waals surface area contributed by atoms with Crippen LogP contribution in [0.5, 0.6) is 11.5 Å². The van der Waals surface area contributed by atoms with E-state index in [1.807, 2.05) is 12.1 Å². The van der Waals surface area contributed by atoms with E-state index in [-0.39, 0.29) is 11.6 Å². The van der Waals surface area contributed by atoms with E-state index in [0.717, 1.165) is 30.2 Å². The molecule has 0 amide bonds. The molecule has 2 aliphatic heterocycles. The molecular weight excluding hydrogens is 252 g/mol. The van der Waals surface area contributed by atoms with Crippen LogP contribution in [0.2, 0.25) is 0 Å².